The van der Waals surface area contributed by atoms with Crippen molar-refractivity contribution in [2.24, 2.45) is 0 Å². The number of hydrogen-bond acceptors (Lipinski definition) is 6. The second kappa shape index (κ2) is 10.0. The lowest BCUT2D eigenvalue weighted by atomic mass is 9.92. The minimum absolute atomic E-state index is 0.0198. The first-order valence-corrected chi connectivity index (χ1v) is 12.4. The van der Waals surface area contributed by atoms with Crippen molar-refractivity contribution in [1.82, 2.24) is 0 Å². The van der Waals surface area contributed by atoms with E-state index in [1.54, 1.807) is 18.2 Å². The summed E-state index contributed by atoms with van der Waals surface area (Å²) in [6.45, 7) is 3.95. The van der Waals surface area contributed by atoms with Crippen molar-refractivity contribution in [3.8, 4) is 11.5 Å². The molecule has 0 saturated carbocycles. The topological polar surface area (TPSA) is 79.3 Å². The van der Waals surface area contributed by atoms with Gasteiger partial charge in [0, 0.05) is 30.5 Å². The number of nitrogens with zero attached hydrogens (tertiary/aromatic N) is 2. The van der Waals surface area contributed by atoms with Gasteiger partial charge >= 0.3 is 0 Å². The Morgan fingerprint density at radius 1 is 0.892 bits per heavy atom. The maximum atomic E-state index is 13.5. The van der Waals surface area contributed by atoms with Crippen molar-refractivity contribution < 1.29 is 24.2 Å². The highest BCUT2D eigenvalue weighted by Crippen LogP contribution is 2.44. The molecule has 0 radical (unpaired) electrons. The monoisotopic (exact) mass is 498 g/mol. The molecule has 3 aromatic carbocycles. The molecule has 5 rings (SSSR count). The summed E-state index contributed by atoms with van der Waals surface area (Å²) in [6, 6.07) is 19.4. The molecule has 0 spiro atoms. The summed E-state index contributed by atoms with van der Waals surface area (Å²) in [5.41, 5.74) is 3.68. The van der Waals surface area contributed by atoms with Gasteiger partial charge in [-0.2, -0.15) is 0 Å². The van der Waals surface area contributed by atoms with Crippen molar-refractivity contribution >= 4 is 28.8 Å². The Labute approximate surface area is 216 Å². The van der Waals surface area contributed by atoms with Crippen molar-refractivity contribution in [2.75, 3.05) is 37.1 Å². The van der Waals surface area contributed by atoms with Gasteiger partial charge in [-0.1, -0.05) is 24.3 Å². The first kappa shape index (κ1) is 24.4. The van der Waals surface area contributed by atoms with E-state index < -0.39 is 17.7 Å². The molecule has 2 saturated heterocycles. The molecule has 37 heavy (non-hydrogen) atoms. The molecule has 3 aromatic rings. The van der Waals surface area contributed by atoms with Crippen LogP contribution in [0.25, 0.3) is 5.76 Å². The quantitative estimate of drug-likeness (QED) is 0.285. The van der Waals surface area contributed by atoms with Crippen LogP contribution in [0, 0.1) is 6.92 Å². The Bertz CT molecular complexity index is 1370. The first-order valence-electron chi connectivity index (χ1n) is 12.4. The maximum Gasteiger partial charge on any atom is 0.300 e. The molecule has 190 valence electrons. The van der Waals surface area contributed by atoms with Gasteiger partial charge in [-0.25, -0.2) is 0 Å². The number of anilines is 2. The van der Waals surface area contributed by atoms with E-state index in [-0.39, 0.29) is 11.3 Å². The molecule has 1 N–H and O–H groups in total. The smallest absolute Gasteiger partial charge is 0.300 e. The van der Waals surface area contributed by atoms with E-state index in [0.29, 0.717) is 22.7 Å². The van der Waals surface area contributed by atoms with Crippen LogP contribution in [0.1, 0.15) is 35.6 Å². The van der Waals surface area contributed by atoms with E-state index in [0.717, 1.165) is 29.9 Å². The number of aryl methyl sites for hydroxylation is 1. The van der Waals surface area contributed by atoms with Crippen LogP contribution in [-0.4, -0.2) is 44.1 Å². The predicted molar refractivity (Wildman–Crippen MR) is 143 cm³/mol. The van der Waals surface area contributed by atoms with Gasteiger partial charge in [-0.3, -0.25) is 14.5 Å². The van der Waals surface area contributed by atoms with E-state index in [4.69, 9.17) is 9.47 Å². The van der Waals surface area contributed by atoms with Crippen LogP contribution in [0.4, 0.5) is 11.4 Å². The fourth-order valence-corrected chi connectivity index (χ4v) is 5.23. The zero-order valence-corrected chi connectivity index (χ0v) is 21.2. The molecule has 0 aromatic heterocycles. The molecule has 2 aliphatic rings. The number of benzene rings is 3. The largest absolute Gasteiger partial charge is 0.507 e. The Balaban J connectivity index is 1.66. The van der Waals surface area contributed by atoms with E-state index in [1.807, 2.05) is 55.5 Å². The molecule has 7 heteroatoms. The summed E-state index contributed by atoms with van der Waals surface area (Å²) < 4.78 is 10.8. The molecule has 2 heterocycles. The van der Waals surface area contributed by atoms with Crippen LogP contribution in [0.15, 0.2) is 72.3 Å². The van der Waals surface area contributed by atoms with Gasteiger partial charge in [0.25, 0.3) is 11.7 Å². The van der Waals surface area contributed by atoms with E-state index >= 15 is 0 Å². The first-order chi connectivity index (χ1) is 17.9. The van der Waals surface area contributed by atoms with Gasteiger partial charge in [0.2, 0.25) is 0 Å². The molecule has 0 aliphatic carbocycles. The molecule has 1 atom stereocenters. The minimum Gasteiger partial charge on any atom is -0.507 e. The van der Waals surface area contributed by atoms with Crippen LogP contribution in [-0.2, 0) is 9.59 Å². The lowest BCUT2D eigenvalue weighted by molar-refractivity contribution is -0.132. The van der Waals surface area contributed by atoms with E-state index in [9.17, 15) is 14.7 Å². The van der Waals surface area contributed by atoms with Crippen LogP contribution < -0.4 is 19.3 Å². The van der Waals surface area contributed by atoms with Crippen molar-refractivity contribution in [2.45, 2.75) is 25.8 Å². The second-order valence-electron chi connectivity index (χ2n) is 9.30. The van der Waals surface area contributed by atoms with E-state index in [1.165, 1.54) is 32.0 Å². The Morgan fingerprint density at radius 2 is 1.57 bits per heavy atom. The third-order valence-corrected chi connectivity index (χ3v) is 7.19. The fourth-order valence-electron chi connectivity index (χ4n) is 5.23. The number of hydrogen-bond donors (Lipinski definition) is 1. The number of aliphatic hydroxyl groups is 1. The van der Waals surface area contributed by atoms with Crippen molar-refractivity contribution in [3.63, 3.8) is 0 Å². The Kier molecular flexibility index (Phi) is 6.61. The number of carbonyl (C=O) groups excluding carboxylic acids is 2. The summed E-state index contributed by atoms with van der Waals surface area (Å²) in [7, 11) is 3.01. The van der Waals surface area contributed by atoms with Crippen LogP contribution in [0.2, 0.25) is 0 Å². The molecule has 2 aliphatic heterocycles. The molecule has 2 fully saturated rings. The summed E-state index contributed by atoms with van der Waals surface area (Å²) in [6.07, 6.45) is 2.33. The van der Waals surface area contributed by atoms with Crippen LogP contribution in [0.3, 0.4) is 0 Å². The number of ketones is 1. The van der Waals surface area contributed by atoms with Gasteiger partial charge in [0.05, 0.1) is 31.4 Å². The summed E-state index contributed by atoms with van der Waals surface area (Å²) in [5, 5.41) is 11.5. The lowest BCUT2D eigenvalue weighted by Crippen LogP contribution is -2.29. The van der Waals surface area contributed by atoms with Gasteiger partial charge in [0.15, 0.2) is 0 Å². The van der Waals surface area contributed by atoms with Crippen LogP contribution >= 0.6 is 0 Å². The maximum absolute atomic E-state index is 13.5. The number of methoxy groups -OCH3 is 2. The number of Topliss-reactive ketones (excluding diaryl/α,β-unsaturated/α-hetero) is 1. The summed E-state index contributed by atoms with van der Waals surface area (Å²) >= 11 is 0. The summed E-state index contributed by atoms with van der Waals surface area (Å²) in [5.74, 6) is -0.838. The van der Waals surface area contributed by atoms with Crippen LogP contribution in [0.5, 0.6) is 11.5 Å². The number of amides is 1. The number of carbonyl (C=O) groups is 2. The lowest BCUT2D eigenvalue weighted by Gasteiger charge is -2.27. The van der Waals surface area contributed by atoms with Gasteiger partial charge in [-0.15, -0.1) is 0 Å². The number of ether oxygens (including phenoxy) is 2. The highest BCUT2D eigenvalue weighted by atomic mass is 16.5. The third-order valence-electron chi connectivity index (χ3n) is 7.19. The molecular formula is C30H30N2O5. The predicted octanol–water partition coefficient (Wildman–Crippen LogP) is 5.24. The third kappa shape index (κ3) is 4.31. The van der Waals surface area contributed by atoms with Crippen molar-refractivity contribution in [1.29, 1.82) is 0 Å². The normalized spacial score (nSPS) is 18.9. The molecule has 1 amide bonds. The second-order valence-corrected chi connectivity index (χ2v) is 9.30. The molecule has 0 bridgehead atoms. The van der Waals surface area contributed by atoms with Gasteiger partial charge in [0.1, 0.15) is 17.3 Å². The SMILES string of the molecule is COc1ccc(/C(O)=C2\C(=O)C(=O)N(c3ccc(N4CCCC4)cc3)C2c2ccccc2C)c(OC)c1. The average Bonchev–Trinajstić information content (AvgIpc) is 3.55. The summed E-state index contributed by atoms with van der Waals surface area (Å²) in [4.78, 5) is 30.8. The zero-order valence-electron chi connectivity index (χ0n) is 21.2. The molecule has 7 nitrogen and oxygen atoms in total. The Morgan fingerprint density at radius 3 is 2.22 bits per heavy atom. The highest BCUT2D eigenvalue weighted by molar-refractivity contribution is 6.51. The molecular weight excluding hydrogens is 468 g/mol. The van der Waals surface area contributed by atoms with Gasteiger partial charge < -0.3 is 19.5 Å². The number of aliphatic hydroxyl groups excluding tert-OH is 1. The fraction of sp³-hybridized carbons (Fsp3) is 0.267. The highest BCUT2D eigenvalue weighted by Gasteiger charge is 2.47. The average molecular weight is 499 g/mol. The standard InChI is InChI=1S/C30H30N2O5/c1-19-8-4-5-9-23(19)27-26(28(33)24-15-14-22(36-2)18-25(24)37-3)29(34)30(35)32(27)21-12-10-20(11-13-21)31-16-6-7-17-31/h4-5,8-15,18,27,33H,6-7,16-17H2,1-3H3/b28-26+. The Hall–Kier alpha value is -4.26. The number of rotatable bonds is 6. The molecule has 1 unspecified atom stereocenters. The van der Waals surface area contributed by atoms with E-state index in [2.05, 4.69) is 4.90 Å². The van der Waals surface area contributed by atoms with Crippen molar-refractivity contribution in [3.05, 3.63) is 89.0 Å². The zero-order chi connectivity index (χ0) is 26.1. The van der Waals surface area contributed by atoms with Gasteiger partial charge in [-0.05, 0) is 67.3 Å². The minimum atomic E-state index is -0.800.